The topological polar surface area (TPSA) is 80.4 Å². The minimum atomic E-state index is -2.99. The van der Waals surface area contributed by atoms with Crippen LogP contribution in [0.25, 0.3) is 0 Å². The molecule has 4 nitrogen and oxygen atoms in total. The third-order valence-corrected chi connectivity index (χ3v) is 4.27. The number of aliphatic hydroxyl groups is 1. The van der Waals surface area contributed by atoms with Crippen molar-refractivity contribution in [2.45, 2.75) is 31.7 Å². The van der Waals surface area contributed by atoms with Gasteiger partial charge in [-0.1, -0.05) is 0 Å². The Bertz CT molecular complexity index is 281. The van der Waals surface area contributed by atoms with Crippen LogP contribution >= 0.6 is 0 Å². The van der Waals surface area contributed by atoms with Gasteiger partial charge in [-0.3, -0.25) is 0 Å². The van der Waals surface area contributed by atoms with Gasteiger partial charge in [-0.15, -0.1) is 0 Å². The highest BCUT2D eigenvalue weighted by Gasteiger charge is 2.28. The molecule has 1 saturated carbocycles. The molecule has 0 aromatic carbocycles. The molecule has 5 heteroatoms. The maximum absolute atomic E-state index is 11.2. The van der Waals surface area contributed by atoms with Gasteiger partial charge in [-0.2, -0.15) is 0 Å². The molecule has 0 aromatic heterocycles. The quantitative estimate of drug-likeness (QED) is 0.727. The first kappa shape index (κ1) is 12.9. The summed E-state index contributed by atoms with van der Waals surface area (Å²) in [5, 5.41) is 9.21. The van der Waals surface area contributed by atoms with Crippen LogP contribution in [-0.2, 0) is 9.84 Å². The van der Waals surface area contributed by atoms with Crippen LogP contribution in [0.1, 0.15) is 25.7 Å². The van der Waals surface area contributed by atoms with E-state index in [0.717, 1.165) is 25.7 Å². The Labute approximate surface area is 91.8 Å². The van der Waals surface area contributed by atoms with Crippen molar-refractivity contribution in [1.82, 2.24) is 0 Å². The van der Waals surface area contributed by atoms with Gasteiger partial charge in [0.25, 0.3) is 0 Å². The van der Waals surface area contributed by atoms with Gasteiger partial charge in [-0.05, 0) is 37.5 Å². The maximum atomic E-state index is 11.2. The van der Waals surface area contributed by atoms with E-state index in [1.807, 2.05) is 0 Å². The second kappa shape index (κ2) is 5.27. The number of hydrogen-bond donors (Lipinski definition) is 2. The van der Waals surface area contributed by atoms with Crippen molar-refractivity contribution in [3.63, 3.8) is 0 Å². The number of nitrogens with two attached hydrogens (primary N) is 1. The molecule has 1 atom stereocenters. The van der Waals surface area contributed by atoms with Crippen molar-refractivity contribution in [1.29, 1.82) is 0 Å². The van der Waals surface area contributed by atoms with E-state index < -0.39 is 9.84 Å². The summed E-state index contributed by atoms with van der Waals surface area (Å²) >= 11 is 0. The van der Waals surface area contributed by atoms with Crippen LogP contribution in [0.5, 0.6) is 0 Å². The average Bonchev–Trinajstić information content (AvgIpc) is 2.14. The lowest BCUT2D eigenvalue weighted by Gasteiger charge is -2.31. The van der Waals surface area contributed by atoms with Crippen molar-refractivity contribution in [3.8, 4) is 0 Å². The molecule has 15 heavy (non-hydrogen) atoms. The summed E-state index contributed by atoms with van der Waals surface area (Å²) < 4.78 is 22.3. The predicted molar refractivity (Wildman–Crippen MR) is 60.2 cm³/mol. The minimum Gasteiger partial charge on any atom is -0.396 e. The van der Waals surface area contributed by atoms with E-state index in [4.69, 9.17) is 5.73 Å². The molecule has 1 fully saturated rings. The van der Waals surface area contributed by atoms with E-state index in [1.54, 1.807) is 0 Å². The van der Waals surface area contributed by atoms with Gasteiger partial charge in [0, 0.05) is 18.9 Å². The molecule has 1 aliphatic carbocycles. The first-order chi connectivity index (χ1) is 6.92. The van der Waals surface area contributed by atoms with Crippen LogP contribution in [0.2, 0.25) is 0 Å². The van der Waals surface area contributed by atoms with Crippen molar-refractivity contribution < 1.29 is 13.5 Å². The molecule has 0 amide bonds. The fraction of sp³-hybridized carbons (Fsp3) is 1.00. The summed E-state index contributed by atoms with van der Waals surface area (Å²) in [6.45, 7) is -0.0347. The molecule has 0 radical (unpaired) electrons. The van der Waals surface area contributed by atoms with E-state index in [2.05, 4.69) is 0 Å². The van der Waals surface area contributed by atoms with Gasteiger partial charge in [0.15, 0.2) is 0 Å². The highest BCUT2D eigenvalue weighted by molar-refractivity contribution is 7.90. The summed E-state index contributed by atoms with van der Waals surface area (Å²) in [7, 11) is -2.99. The van der Waals surface area contributed by atoms with E-state index in [1.165, 1.54) is 6.26 Å². The SMILES string of the molecule is CS(=O)(=O)CC(CO)C1CCC(N)CC1. The minimum absolute atomic E-state index is 0.0347. The number of rotatable bonds is 4. The summed E-state index contributed by atoms with van der Waals surface area (Å²) in [5.74, 6) is 0.320. The normalized spacial score (nSPS) is 30.1. The van der Waals surface area contributed by atoms with Crippen LogP contribution in [0.15, 0.2) is 0 Å². The Balaban J connectivity index is 2.52. The van der Waals surface area contributed by atoms with Crippen LogP contribution in [0.3, 0.4) is 0 Å². The third kappa shape index (κ3) is 4.49. The van der Waals surface area contributed by atoms with Crippen LogP contribution in [-0.4, -0.2) is 38.2 Å². The van der Waals surface area contributed by atoms with E-state index >= 15 is 0 Å². The van der Waals surface area contributed by atoms with Crippen molar-refractivity contribution in [3.05, 3.63) is 0 Å². The smallest absolute Gasteiger partial charge is 0.147 e. The Morgan fingerprint density at radius 1 is 1.33 bits per heavy atom. The van der Waals surface area contributed by atoms with Gasteiger partial charge in [0.1, 0.15) is 9.84 Å². The van der Waals surface area contributed by atoms with Gasteiger partial charge in [0.2, 0.25) is 0 Å². The maximum Gasteiger partial charge on any atom is 0.147 e. The Kier molecular flexibility index (Phi) is 4.55. The van der Waals surface area contributed by atoms with Crippen molar-refractivity contribution in [2.24, 2.45) is 17.6 Å². The zero-order valence-electron chi connectivity index (χ0n) is 9.22. The molecule has 0 heterocycles. The van der Waals surface area contributed by atoms with Crippen LogP contribution in [0.4, 0.5) is 0 Å². The molecule has 90 valence electrons. The van der Waals surface area contributed by atoms with Gasteiger partial charge >= 0.3 is 0 Å². The average molecular weight is 235 g/mol. The molecule has 0 aromatic rings. The lowest BCUT2D eigenvalue weighted by molar-refractivity contribution is 0.157. The fourth-order valence-corrected chi connectivity index (χ4v) is 3.50. The molecule has 0 bridgehead atoms. The zero-order valence-corrected chi connectivity index (χ0v) is 10.0. The molecular formula is C10H21NO3S. The summed E-state index contributed by atoms with van der Waals surface area (Å²) in [6.07, 6.45) is 5.02. The van der Waals surface area contributed by atoms with E-state index in [-0.39, 0.29) is 24.3 Å². The number of hydrogen-bond acceptors (Lipinski definition) is 4. The molecule has 0 spiro atoms. The Morgan fingerprint density at radius 3 is 2.27 bits per heavy atom. The first-order valence-corrected chi connectivity index (χ1v) is 7.52. The standard InChI is InChI=1S/C10H21NO3S/c1-15(13,14)7-9(6-12)8-2-4-10(11)5-3-8/h8-10,12H,2-7,11H2,1H3. The molecule has 3 N–H and O–H groups in total. The summed E-state index contributed by atoms with van der Waals surface area (Å²) in [6, 6.07) is 0.263. The predicted octanol–water partition coefficient (Wildman–Crippen LogP) is 0.157. The van der Waals surface area contributed by atoms with Crippen LogP contribution in [0, 0.1) is 11.8 Å². The van der Waals surface area contributed by atoms with Gasteiger partial charge in [-0.25, -0.2) is 8.42 Å². The fourth-order valence-electron chi connectivity index (χ4n) is 2.34. The van der Waals surface area contributed by atoms with Crippen LogP contribution < -0.4 is 5.73 Å². The molecule has 1 aliphatic rings. The van der Waals surface area contributed by atoms with Gasteiger partial charge < -0.3 is 10.8 Å². The van der Waals surface area contributed by atoms with E-state index in [9.17, 15) is 13.5 Å². The van der Waals surface area contributed by atoms with Crippen molar-refractivity contribution in [2.75, 3.05) is 18.6 Å². The largest absolute Gasteiger partial charge is 0.396 e. The third-order valence-electron chi connectivity index (χ3n) is 3.23. The zero-order chi connectivity index (χ0) is 11.5. The first-order valence-electron chi connectivity index (χ1n) is 5.46. The highest BCUT2D eigenvalue weighted by Crippen LogP contribution is 2.30. The molecular weight excluding hydrogens is 214 g/mol. The molecule has 1 rings (SSSR count). The van der Waals surface area contributed by atoms with E-state index in [0.29, 0.717) is 5.92 Å². The Morgan fingerprint density at radius 2 is 1.87 bits per heavy atom. The second-order valence-corrected chi connectivity index (χ2v) is 6.89. The van der Waals surface area contributed by atoms with Gasteiger partial charge in [0.05, 0.1) is 5.75 Å². The summed E-state index contributed by atoms with van der Waals surface area (Å²) in [5.41, 5.74) is 5.79. The molecule has 0 saturated heterocycles. The highest BCUT2D eigenvalue weighted by atomic mass is 32.2. The number of sulfone groups is 1. The second-order valence-electron chi connectivity index (χ2n) is 4.71. The lowest BCUT2D eigenvalue weighted by atomic mass is 9.79. The molecule has 1 unspecified atom stereocenters. The lowest BCUT2D eigenvalue weighted by Crippen LogP contribution is -2.33. The molecule has 0 aliphatic heterocycles. The monoisotopic (exact) mass is 235 g/mol. The Hall–Kier alpha value is -0.130. The number of aliphatic hydroxyl groups excluding tert-OH is 1. The van der Waals surface area contributed by atoms with Crippen molar-refractivity contribution >= 4 is 9.84 Å². The summed E-state index contributed by atoms with van der Waals surface area (Å²) in [4.78, 5) is 0.